The second kappa shape index (κ2) is 7.72. The smallest absolute Gasteiger partial charge is 0.227 e. The van der Waals surface area contributed by atoms with Gasteiger partial charge in [-0.3, -0.25) is 9.69 Å². The van der Waals surface area contributed by atoms with Crippen LogP contribution in [0.2, 0.25) is 0 Å². The summed E-state index contributed by atoms with van der Waals surface area (Å²) >= 11 is 0. The number of aromatic nitrogens is 1. The van der Waals surface area contributed by atoms with E-state index < -0.39 is 0 Å². The van der Waals surface area contributed by atoms with Gasteiger partial charge in [0.2, 0.25) is 5.91 Å². The summed E-state index contributed by atoms with van der Waals surface area (Å²) in [4.78, 5) is 17.1. The fourth-order valence-electron chi connectivity index (χ4n) is 3.83. The Kier molecular flexibility index (Phi) is 5.16. The Balaban J connectivity index is 1.28. The Labute approximate surface area is 160 Å². The fourth-order valence-corrected chi connectivity index (χ4v) is 3.83. The molecule has 2 saturated heterocycles. The summed E-state index contributed by atoms with van der Waals surface area (Å²) in [5.41, 5.74) is 2.87. The van der Waals surface area contributed by atoms with Crippen LogP contribution in [0.1, 0.15) is 35.4 Å². The summed E-state index contributed by atoms with van der Waals surface area (Å²) in [6, 6.07) is 8.37. The molecular formula is C21H27N3O3. The molecule has 6 heteroatoms. The maximum absolute atomic E-state index is 12.6. The molecule has 0 spiro atoms. The zero-order valence-corrected chi connectivity index (χ0v) is 16.1. The van der Waals surface area contributed by atoms with Gasteiger partial charge in [-0.15, -0.1) is 0 Å². The average molecular weight is 369 g/mol. The lowest BCUT2D eigenvalue weighted by atomic mass is 10.1. The molecule has 2 fully saturated rings. The standard InChI is InChI=1S/C21H27N3O3/c1-15-20(16(2)27-22-15)14-26-19-6-4-17(5-7-19)12-21(25)24-11-8-18(13-24)23-9-3-10-23/h4-7,18H,3,8-14H2,1-2H3. The summed E-state index contributed by atoms with van der Waals surface area (Å²) in [6.45, 7) is 8.40. The highest BCUT2D eigenvalue weighted by Gasteiger charge is 2.32. The van der Waals surface area contributed by atoms with Gasteiger partial charge in [-0.2, -0.15) is 0 Å². The van der Waals surface area contributed by atoms with E-state index in [1.54, 1.807) is 0 Å². The molecule has 0 saturated carbocycles. The molecule has 1 amide bonds. The van der Waals surface area contributed by atoms with Crippen molar-refractivity contribution < 1.29 is 14.1 Å². The summed E-state index contributed by atoms with van der Waals surface area (Å²) in [5, 5.41) is 3.94. The SMILES string of the molecule is Cc1noc(C)c1COc1ccc(CC(=O)N2CCC(N3CCC3)C2)cc1. The minimum absolute atomic E-state index is 0.224. The molecule has 2 aromatic rings. The molecule has 2 aliphatic rings. The molecule has 27 heavy (non-hydrogen) atoms. The first-order valence-corrected chi connectivity index (χ1v) is 9.75. The molecule has 144 valence electrons. The molecule has 0 bridgehead atoms. The Morgan fingerprint density at radius 2 is 2.00 bits per heavy atom. The molecule has 6 nitrogen and oxygen atoms in total. The van der Waals surface area contributed by atoms with Crippen LogP contribution in [0.3, 0.4) is 0 Å². The van der Waals surface area contributed by atoms with Crippen molar-refractivity contribution in [1.82, 2.24) is 15.0 Å². The molecule has 1 aromatic heterocycles. The van der Waals surface area contributed by atoms with Gasteiger partial charge in [-0.05, 0) is 57.5 Å². The maximum Gasteiger partial charge on any atom is 0.227 e. The average Bonchev–Trinajstić information content (AvgIpc) is 3.21. The van der Waals surface area contributed by atoms with E-state index in [1.165, 1.54) is 19.5 Å². The van der Waals surface area contributed by atoms with Crippen LogP contribution in [-0.2, 0) is 17.8 Å². The predicted octanol–water partition coefficient (Wildman–Crippen LogP) is 2.72. The molecule has 0 radical (unpaired) electrons. The van der Waals surface area contributed by atoms with Gasteiger partial charge >= 0.3 is 0 Å². The van der Waals surface area contributed by atoms with Crippen molar-refractivity contribution in [3.8, 4) is 5.75 Å². The molecule has 3 heterocycles. The van der Waals surface area contributed by atoms with E-state index >= 15 is 0 Å². The number of benzene rings is 1. The van der Waals surface area contributed by atoms with Crippen LogP contribution in [0.4, 0.5) is 0 Å². The number of hydrogen-bond acceptors (Lipinski definition) is 5. The van der Waals surface area contributed by atoms with Gasteiger partial charge in [-0.25, -0.2) is 0 Å². The van der Waals surface area contributed by atoms with Gasteiger partial charge in [-0.1, -0.05) is 17.3 Å². The lowest BCUT2D eigenvalue weighted by Gasteiger charge is -2.36. The van der Waals surface area contributed by atoms with E-state index in [-0.39, 0.29) is 5.91 Å². The Morgan fingerprint density at radius 1 is 1.22 bits per heavy atom. The Morgan fingerprint density at radius 3 is 2.63 bits per heavy atom. The largest absolute Gasteiger partial charge is 0.489 e. The normalized spacial score (nSPS) is 19.9. The lowest BCUT2D eigenvalue weighted by Crippen LogP contribution is -2.46. The Hall–Kier alpha value is -2.34. The van der Waals surface area contributed by atoms with Crippen LogP contribution in [0.25, 0.3) is 0 Å². The Bertz CT molecular complexity index is 776. The number of carbonyl (C=O) groups excluding carboxylic acids is 1. The van der Waals surface area contributed by atoms with Crippen molar-refractivity contribution in [2.24, 2.45) is 0 Å². The van der Waals surface area contributed by atoms with Crippen LogP contribution in [0, 0.1) is 13.8 Å². The van der Waals surface area contributed by atoms with Gasteiger partial charge in [0.05, 0.1) is 17.7 Å². The number of aryl methyl sites for hydroxylation is 2. The molecule has 4 rings (SSSR count). The third-order valence-electron chi connectivity index (χ3n) is 5.77. The van der Waals surface area contributed by atoms with Crippen LogP contribution < -0.4 is 4.74 Å². The monoisotopic (exact) mass is 369 g/mol. The maximum atomic E-state index is 12.6. The second-order valence-corrected chi connectivity index (χ2v) is 7.58. The van der Waals surface area contributed by atoms with Gasteiger partial charge in [0, 0.05) is 19.1 Å². The molecule has 1 aromatic carbocycles. The third-order valence-corrected chi connectivity index (χ3v) is 5.77. The van der Waals surface area contributed by atoms with E-state index in [0.29, 0.717) is 19.1 Å². The minimum Gasteiger partial charge on any atom is -0.489 e. The first kappa shape index (κ1) is 18.0. The zero-order chi connectivity index (χ0) is 18.8. The van der Waals surface area contributed by atoms with Crippen LogP contribution in [-0.4, -0.2) is 53.1 Å². The van der Waals surface area contributed by atoms with E-state index in [1.807, 2.05) is 43.0 Å². The van der Waals surface area contributed by atoms with Crippen molar-refractivity contribution in [1.29, 1.82) is 0 Å². The second-order valence-electron chi connectivity index (χ2n) is 7.58. The molecule has 1 unspecified atom stereocenters. The zero-order valence-electron chi connectivity index (χ0n) is 16.1. The molecule has 0 aliphatic carbocycles. The predicted molar refractivity (Wildman–Crippen MR) is 102 cm³/mol. The van der Waals surface area contributed by atoms with Gasteiger partial charge in [0.25, 0.3) is 0 Å². The summed E-state index contributed by atoms with van der Waals surface area (Å²) in [7, 11) is 0. The van der Waals surface area contributed by atoms with E-state index in [9.17, 15) is 4.79 Å². The molecule has 2 aliphatic heterocycles. The van der Waals surface area contributed by atoms with Gasteiger partial charge < -0.3 is 14.2 Å². The highest BCUT2D eigenvalue weighted by Crippen LogP contribution is 2.22. The van der Waals surface area contributed by atoms with Crippen LogP contribution in [0.5, 0.6) is 5.75 Å². The van der Waals surface area contributed by atoms with E-state index in [2.05, 4.69) is 10.1 Å². The van der Waals surface area contributed by atoms with E-state index in [0.717, 1.165) is 47.8 Å². The minimum atomic E-state index is 0.224. The number of nitrogens with zero attached hydrogens (tertiary/aromatic N) is 3. The number of hydrogen-bond donors (Lipinski definition) is 0. The van der Waals surface area contributed by atoms with E-state index in [4.69, 9.17) is 9.26 Å². The fraction of sp³-hybridized carbons (Fsp3) is 0.524. The summed E-state index contributed by atoms with van der Waals surface area (Å²) in [5.74, 6) is 1.80. The third kappa shape index (κ3) is 4.00. The van der Waals surface area contributed by atoms with Crippen molar-refractivity contribution in [2.45, 2.75) is 45.8 Å². The topological polar surface area (TPSA) is 58.8 Å². The van der Waals surface area contributed by atoms with Crippen molar-refractivity contribution >= 4 is 5.91 Å². The van der Waals surface area contributed by atoms with Gasteiger partial charge in [0.1, 0.15) is 18.1 Å². The summed E-state index contributed by atoms with van der Waals surface area (Å²) < 4.78 is 11.0. The lowest BCUT2D eigenvalue weighted by molar-refractivity contribution is -0.129. The van der Waals surface area contributed by atoms with Gasteiger partial charge in [0.15, 0.2) is 0 Å². The number of rotatable bonds is 6. The molecule has 0 N–H and O–H groups in total. The number of amides is 1. The number of ether oxygens (including phenoxy) is 1. The van der Waals surface area contributed by atoms with Crippen LogP contribution >= 0.6 is 0 Å². The first-order chi connectivity index (χ1) is 13.1. The first-order valence-electron chi connectivity index (χ1n) is 9.75. The number of carbonyl (C=O) groups is 1. The highest BCUT2D eigenvalue weighted by atomic mass is 16.5. The summed E-state index contributed by atoms with van der Waals surface area (Å²) in [6.07, 6.45) is 2.87. The quantitative estimate of drug-likeness (QED) is 0.784. The molecular weight excluding hydrogens is 342 g/mol. The van der Waals surface area contributed by atoms with Crippen molar-refractivity contribution in [3.05, 3.63) is 46.8 Å². The van der Waals surface area contributed by atoms with Crippen LogP contribution in [0.15, 0.2) is 28.8 Å². The van der Waals surface area contributed by atoms with Crippen molar-refractivity contribution in [2.75, 3.05) is 26.2 Å². The van der Waals surface area contributed by atoms with Crippen molar-refractivity contribution in [3.63, 3.8) is 0 Å². The highest BCUT2D eigenvalue weighted by molar-refractivity contribution is 5.79. The number of likely N-dealkylation sites (tertiary alicyclic amines) is 2. The molecule has 1 atom stereocenters.